The first-order valence-corrected chi connectivity index (χ1v) is 8.28. The molecule has 1 aliphatic heterocycles. The molecule has 2 heterocycles. The van der Waals surface area contributed by atoms with E-state index in [2.05, 4.69) is 46.9 Å². The van der Waals surface area contributed by atoms with E-state index >= 15 is 0 Å². The summed E-state index contributed by atoms with van der Waals surface area (Å²) in [5, 5.41) is 7.87. The molecule has 116 valence electrons. The van der Waals surface area contributed by atoms with Crippen molar-refractivity contribution in [2.45, 2.75) is 32.2 Å². The van der Waals surface area contributed by atoms with Crippen LogP contribution < -0.4 is 10.6 Å². The highest BCUT2D eigenvalue weighted by atomic mass is 16.1. The molecular weight excluding hydrogens is 274 g/mol. The van der Waals surface area contributed by atoms with Gasteiger partial charge >= 0.3 is 0 Å². The van der Waals surface area contributed by atoms with Crippen LogP contribution in [0.1, 0.15) is 24.0 Å². The molecule has 1 saturated carbocycles. The van der Waals surface area contributed by atoms with Crippen molar-refractivity contribution in [3.05, 3.63) is 35.5 Å². The van der Waals surface area contributed by atoms with Gasteiger partial charge in [-0.1, -0.05) is 12.1 Å². The predicted molar refractivity (Wildman–Crippen MR) is 87.8 cm³/mol. The van der Waals surface area contributed by atoms with Crippen LogP contribution in [-0.4, -0.2) is 30.0 Å². The summed E-state index contributed by atoms with van der Waals surface area (Å²) < 4.78 is 0. The fraction of sp³-hybridized carbons (Fsp3) is 0.500. The first kappa shape index (κ1) is 13.8. The molecule has 4 nitrogen and oxygen atoms in total. The molecular formula is C18H23N3O. The zero-order chi connectivity index (χ0) is 15.1. The lowest BCUT2D eigenvalue weighted by Crippen LogP contribution is -2.39. The maximum absolute atomic E-state index is 12.3. The highest BCUT2D eigenvalue weighted by Crippen LogP contribution is 2.36. The number of piperidine rings is 1. The minimum absolute atomic E-state index is 0.233. The van der Waals surface area contributed by atoms with Gasteiger partial charge in [-0.3, -0.25) is 4.79 Å². The van der Waals surface area contributed by atoms with Crippen LogP contribution >= 0.6 is 0 Å². The van der Waals surface area contributed by atoms with Gasteiger partial charge in [-0.05, 0) is 55.8 Å². The Morgan fingerprint density at radius 1 is 1.36 bits per heavy atom. The van der Waals surface area contributed by atoms with Crippen LogP contribution in [0.25, 0.3) is 10.9 Å². The normalized spacial score (nSPS) is 26.7. The molecule has 2 fully saturated rings. The summed E-state index contributed by atoms with van der Waals surface area (Å²) in [7, 11) is 0. The lowest BCUT2D eigenvalue weighted by Gasteiger charge is -2.21. The number of benzene rings is 1. The number of aromatic nitrogens is 1. The number of carbonyl (C=O) groups excluding carboxylic acids is 1. The molecule has 1 saturated heterocycles. The third-order valence-electron chi connectivity index (χ3n) is 5.32. The molecule has 1 unspecified atom stereocenters. The third kappa shape index (κ3) is 2.41. The molecule has 1 aliphatic carbocycles. The number of hydrogen-bond donors (Lipinski definition) is 3. The second kappa shape index (κ2) is 5.43. The summed E-state index contributed by atoms with van der Waals surface area (Å²) in [6.07, 6.45) is 5.15. The van der Waals surface area contributed by atoms with Crippen molar-refractivity contribution < 1.29 is 4.79 Å². The monoisotopic (exact) mass is 297 g/mol. The number of carbonyl (C=O) groups is 1. The van der Waals surface area contributed by atoms with Gasteiger partial charge in [0.25, 0.3) is 0 Å². The first-order valence-electron chi connectivity index (χ1n) is 8.28. The molecule has 0 radical (unpaired) electrons. The van der Waals surface area contributed by atoms with Crippen LogP contribution in [0.3, 0.4) is 0 Å². The number of hydrogen-bond acceptors (Lipinski definition) is 2. The Hall–Kier alpha value is -1.81. The van der Waals surface area contributed by atoms with Crippen LogP contribution in [0, 0.1) is 18.8 Å². The predicted octanol–water partition coefficient (Wildman–Crippen LogP) is 2.13. The summed E-state index contributed by atoms with van der Waals surface area (Å²) in [5.74, 6) is 1.04. The summed E-state index contributed by atoms with van der Waals surface area (Å²) in [4.78, 5) is 15.6. The number of aromatic amines is 1. The van der Waals surface area contributed by atoms with Crippen molar-refractivity contribution in [1.29, 1.82) is 0 Å². The van der Waals surface area contributed by atoms with E-state index in [4.69, 9.17) is 0 Å². The second-order valence-corrected chi connectivity index (χ2v) is 6.85. The number of amides is 1. The Labute approximate surface area is 130 Å². The zero-order valence-corrected chi connectivity index (χ0v) is 13.0. The lowest BCUT2D eigenvalue weighted by atomic mass is 9.94. The van der Waals surface area contributed by atoms with E-state index in [1.807, 2.05) is 0 Å². The van der Waals surface area contributed by atoms with Crippen molar-refractivity contribution in [2.75, 3.05) is 13.1 Å². The number of nitrogens with one attached hydrogen (secondary N) is 3. The van der Waals surface area contributed by atoms with E-state index in [-0.39, 0.29) is 11.8 Å². The molecule has 4 rings (SSSR count). The van der Waals surface area contributed by atoms with E-state index < -0.39 is 0 Å². The summed E-state index contributed by atoms with van der Waals surface area (Å²) in [6.45, 7) is 3.84. The van der Waals surface area contributed by atoms with Crippen molar-refractivity contribution in [2.24, 2.45) is 11.8 Å². The average Bonchev–Trinajstić information content (AvgIpc) is 3.22. The van der Waals surface area contributed by atoms with Gasteiger partial charge in [0.1, 0.15) is 0 Å². The highest BCUT2D eigenvalue weighted by molar-refractivity contribution is 5.84. The molecule has 2 bridgehead atoms. The van der Waals surface area contributed by atoms with Crippen molar-refractivity contribution in [1.82, 2.24) is 15.6 Å². The minimum atomic E-state index is 0.233. The van der Waals surface area contributed by atoms with E-state index in [9.17, 15) is 4.79 Å². The molecule has 2 aliphatic rings. The lowest BCUT2D eigenvalue weighted by molar-refractivity contribution is -0.126. The Morgan fingerprint density at radius 3 is 3.05 bits per heavy atom. The summed E-state index contributed by atoms with van der Waals surface area (Å²) in [5.41, 5.74) is 3.73. The van der Waals surface area contributed by atoms with Gasteiger partial charge < -0.3 is 15.6 Å². The molecule has 1 amide bonds. The standard InChI is InChI=1S/C18H23N3O/c1-11-2-3-15-12(9-21-17(15)6-11)4-5-19-18(22)16-8-14-7-13(16)10-20-14/h2-3,6,9,13-14,16,20-21H,4-5,7-8,10H2,1H3,(H,19,22)/t13-,14?,16+/m1/s1. The van der Waals surface area contributed by atoms with E-state index in [1.54, 1.807) is 0 Å². The molecule has 1 aromatic heterocycles. The van der Waals surface area contributed by atoms with Crippen LogP contribution in [0.5, 0.6) is 0 Å². The molecule has 0 spiro atoms. The largest absolute Gasteiger partial charge is 0.361 e. The fourth-order valence-corrected chi connectivity index (χ4v) is 4.11. The van der Waals surface area contributed by atoms with Crippen molar-refractivity contribution >= 4 is 16.8 Å². The van der Waals surface area contributed by atoms with Crippen LogP contribution in [0.15, 0.2) is 24.4 Å². The quantitative estimate of drug-likeness (QED) is 0.810. The smallest absolute Gasteiger partial charge is 0.223 e. The molecule has 22 heavy (non-hydrogen) atoms. The number of aryl methyl sites for hydroxylation is 1. The Bertz CT molecular complexity index is 705. The van der Waals surface area contributed by atoms with Crippen molar-refractivity contribution in [3.8, 4) is 0 Å². The maximum Gasteiger partial charge on any atom is 0.223 e. The average molecular weight is 297 g/mol. The zero-order valence-electron chi connectivity index (χ0n) is 13.0. The Balaban J connectivity index is 1.35. The SMILES string of the molecule is Cc1ccc2c(CCNC(=O)[C@H]3CC4C[C@@H]3CN4)c[nH]c2c1. The summed E-state index contributed by atoms with van der Waals surface area (Å²) >= 11 is 0. The molecule has 3 atom stereocenters. The summed E-state index contributed by atoms with van der Waals surface area (Å²) in [6, 6.07) is 7.05. The van der Waals surface area contributed by atoms with Gasteiger partial charge in [0.2, 0.25) is 5.91 Å². The van der Waals surface area contributed by atoms with Crippen molar-refractivity contribution in [3.63, 3.8) is 0 Å². The van der Waals surface area contributed by atoms with Crippen LogP contribution in [-0.2, 0) is 11.2 Å². The van der Waals surface area contributed by atoms with Gasteiger partial charge in [-0.2, -0.15) is 0 Å². The van der Waals surface area contributed by atoms with Gasteiger partial charge in [-0.15, -0.1) is 0 Å². The van der Waals surface area contributed by atoms with E-state index in [1.165, 1.54) is 28.5 Å². The van der Waals surface area contributed by atoms with E-state index in [0.717, 1.165) is 25.9 Å². The maximum atomic E-state index is 12.3. The van der Waals surface area contributed by atoms with Gasteiger partial charge in [0.05, 0.1) is 0 Å². The van der Waals surface area contributed by atoms with Crippen LogP contribution in [0.4, 0.5) is 0 Å². The highest BCUT2D eigenvalue weighted by Gasteiger charge is 2.42. The number of rotatable bonds is 4. The molecule has 2 aromatic rings. The van der Waals surface area contributed by atoms with Gasteiger partial charge in [-0.25, -0.2) is 0 Å². The van der Waals surface area contributed by atoms with E-state index in [0.29, 0.717) is 12.0 Å². The van der Waals surface area contributed by atoms with Gasteiger partial charge in [0, 0.05) is 35.6 Å². The fourth-order valence-electron chi connectivity index (χ4n) is 4.11. The van der Waals surface area contributed by atoms with Crippen LogP contribution in [0.2, 0.25) is 0 Å². The second-order valence-electron chi connectivity index (χ2n) is 6.85. The minimum Gasteiger partial charge on any atom is -0.361 e. The molecule has 3 N–H and O–H groups in total. The van der Waals surface area contributed by atoms with Gasteiger partial charge in [0.15, 0.2) is 0 Å². The topological polar surface area (TPSA) is 56.9 Å². The first-order chi connectivity index (χ1) is 10.7. The molecule has 4 heteroatoms. The number of H-pyrrole nitrogens is 1. The number of fused-ring (bicyclic) bond motifs is 3. The Kier molecular flexibility index (Phi) is 3.41. The Morgan fingerprint density at radius 2 is 2.27 bits per heavy atom. The third-order valence-corrected chi connectivity index (χ3v) is 5.32. The molecule has 1 aromatic carbocycles.